The minimum atomic E-state index is 0.107. The van der Waals surface area contributed by atoms with E-state index in [9.17, 15) is 0 Å². The largest absolute Gasteiger partial charge is 0.489 e. The second-order valence-corrected chi connectivity index (χ2v) is 4.20. The lowest BCUT2D eigenvalue weighted by Gasteiger charge is -2.13. The second-order valence-electron chi connectivity index (χ2n) is 3.41. The molecule has 0 spiro atoms. The van der Waals surface area contributed by atoms with Gasteiger partial charge in [0.25, 0.3) is 0 Å². The molecule has 0 fully saturated rings. The average Bonchev–Trinajstić information content (AvgIpc) is 2.11. The van der Waals surface area contributed by atoms with Gasteiger partial charge in [-0.15, -0.1) is 0 Å². The molecule has 0 saturated heterocycles. The van der Waals surface area contributed by atoms with E-state index >= 15 is 0 Å². The predicted molar refractivity (Wildman–Crippen MR) is 61.6 cm³/mol. The average molecular weight is 233 g/mol. The van der Waals surface area contributed by atoms with Gasteiger partial charge in [-0.25, -0.2) is 0 Å². The molecular weight excluding hydrogens is 219 g/mol. The summed E-state index contributed by atoms with van der Waals surface area (Å²) in [6.45, 7) is 5.99. The van der Waals surface area contributed by atoms with Gasteiger partial charge in [-0.2, -0.15) is 0 Å². The molecule has 0 N–H and O–H groups in total. The van der Waals surface area contributed by atoms with E-state index < -0.39 is 0 Å². The zero-order valence-electron chi connectivity index (χ0n) is 8.60. The molecule has 0 unspecified atom stereocenters. The van der Waals surface area contributed by atoms with E-state index in [4.69, 9.17) is 27.9 Å². The molecule has 3 heteroatoms. The van der Waals surface area contributed by atoms with Crippen LogP contribution in [0.2, 0.25) is 10.0 Å². The molecule has 0 aliphatic rings. The van der Waals surface area contributed by atoms with Crippen molar-refractivity contribution in [2.75, 3.05) is 0 Å². The standard InChI is InChI=1S/C11H14Cl2O/c1-4-8-5-9(12)11(13)10(6-8)14-7(2)3/h5-7H,4H2,1-3H3. The van der Waals surface area contributed by atoms with Gasteiger partial charge in [-0.3, -0.25) is 0 Å². The van der Waals surface area contributed by atoms with Gasteiger partial charge < -0.3 is 4.74 Å². The van der Waals surface area contributed by atoms with E-state index in [2.05, 4.69) is 6.92 Å². The fourth-order valence-electron chi connectivity index (χ4n) is 1.16. The van der Waals surface area contributed by atoms with E-state index in [1.54, 1.807) is 0 Å². The third-order valence-electron chi connectivity index (χ3n) is 1.83. The highest BCUT2D eigenvalue weighted by molar-refractivity contribution is 6.43. The number of halogens is 2. The van der Waals surface area contributed by atoms with Gasteiger partial charge >= 0.3 is 0 Å². The zero-order chi connectivity index (χ0) is 10.7. The molecule has 1 rings (SSSR count). The van der Waals surface area contributed by atoms with Crippen LogP contribution >= 0.6 is 23.2 Å². The lowest BCUT2D eigenvalue weighted by atomic mass is 10.1. The summed E-state index contributed by atoms with van der Waals surface area (Å²) in [5, 5.41) is 1.05. The Kier molecular flexibility index (Phi) is 4.09. The summed E-state index contributed by atoms with van der Waals surface area (Å²) in [7, 11) is 0. The molecule has 0 atom stereocenters. The van der Waals surface area contributed by atoms with Crippen LogP contribution in [0.25, 0.3) is 0 Å². The lowest BCUT2D eigenvalue weighted by molar-refractivity contribution is 0.242. The molecule has 0 aliphatic heterocycles. The number of hydrogen-bond donors (Lipinski definition) is 0. The number of rotatable bonds is 3. The van der Waals surface area contributed by atoms with Crippen molar-refractivity contribution >= 4 is 23.2 Å². The number of hydrogen-bond acceptors (Lipinski definition) is 1. The number of aryl methyl sites for hydroxylation is 1. The van der Waals surface area contributed by atoms with Gasteiger partial charge in [0.1, 0.15) is 10.8 Å². The minimum Gasteiger partial charge on any atom is -0.489 e. The topological polar surface area (TPSA) is 9.23 Å². The number of benzene rings is 1. The molecule has 0 saturated carbocycles. The smallest absolute Gasteiger partial charge is 0.140 e. The first-order valence-electron chi connectivity index (χ1n) is 4.69. The molecular formula is C11H14Cl2O. The molecule has 1 aromatic carbocycles. The Balaban J connectivity index is 3.07. The minimum absolute atomic E-state index is 0.107. The first-order valence-corrected chi connectivity index (χ1v) is 5.44. The Morgan fingerprint density at radius 1 is 1.29 bits per heavy atom. The van der Waals surface area contributed by atoms with E-state index in [-0.39, 0.29) is 6.10 Å². The van der Waals surface area contributed by atoms with E-state index in [1.807, 2.05) is 26.0 Å². The molecule has 14 heavy (non-hydrogen) atoms. The van der Waals surface area contributed by atoms with E-state index in [0.29, 0.717) is 15.8 Å². The van der Waals surface area contributed by atoms with E-state index in [0.717, 1.165) is 12.0 Å². The Labute approximate surface area is 95.0 Å². The summed E-state index contributed by atoms with van der Waals surface area (Å²) in [6.07, 6.45) is 1.03. The molecule has 1 aromatic rings. The third-order valence-corrected chi connectivity index (χ3v) is 2.61. The third kappa shape index (κ3) is 2.79. The highest BCUT2D eigenvalue weighted by atomic mass is 35.5. The predicted octanol–water partition coefficient (Wildman–Crippen LogP) is 4.34. The molecule has 0 aliphatic carbocycles. The van der Waals surface area contributed by atoms with Gasteiger partial charge in [0.15, 0.2) is 0 Å². The van der Waals surface area contributed by atoms with Crippen LogP contribution in [0.5, 0.6) is 5.75 Å². The maximum Gasteiger partial charge on any atom is 0.140 e. The Morgan fingerprint density at radius 3 is 2.43 bits per heavy atom. The SMILES string of the molecule is CCc1cc(Cl)c(Cl)c(OC(C)C)c1. The Hall–Kier alpha value is -0.400. The van der Waals surface area contributed by atoms with Crippen molar-refractivity contribution in [2.45, 2.75) is 33.3 Å². The molecule has 78 valence electrons. The van der Waals surface area contributed by atoms with Crippen LogP contribution in [-0.4, -0.2) is 6.10 Å². The Bertz CT molecular complexity index is 321. The number of ether oxygens (including phenoxy) is 1. The van der Waals surface area contributed by atoms with Gasteiger partial charge in [0.05, 0.1) is 11.1 Å². The summed E-state index contributed by atoms with van der Waals surface area (Å²) >= 11 is 12.0. The molecule has 1 nitrogen and oxygen atoms in total. The van der Waals surface area contributed by atoms with Crippen molar-refractivity contribution in [1.82, 2.24) is 0 Å². The van der Waals surface area contributed by atoms with Crippen LogP contribution in [0, 0.1) is 0 Å². The van der Waals surface area contributed by atoms with Gasteiger partial charge in [0, 0.05) is 0 Å². The fourth-order valence-corrected chi connectivity index (χ4v) is 1.55. The summed E-state index contributed by atoms with van der Waals surface area (Å²) in [5.74, 6) is 0.672. The maximum absolute atomic E-state index is 6.01. The highest BCUT2D eigenvalue weighted by Crippen LogP contribution is 2.34. The Morgan fingerprint density at radius 2 is 1.93 bits per heavy atom. The van der Waals surface area contributed by atoms with Crippen molar-refractivity contribution in [3.05, 3.63) is 27.7 Å². The van der Waals surface area contributed by atoms with Crippen molar-refractivity contribution in [3.8, 4) is 5.75 Å². The lowest BCUT2D eigenvalue weighted by Crippen LogP contribution is -2.06. The van der Waals surface area contributed by atoms with Gasteiger partial charge in [-0.1, -0.05) is 30.1 Å². The summed E-state index contributed by atoms with van der Waals surface area (Å²) in [6, 6.07) is 3.81. The summed E-state index contributed by atoms with van der Waals surface area (Å²) in [5.41, 5.74) is 1.13. The molecule has 0 radical (unpaired) electrons. The normalized spacial score (nSPS) is 10.7. The molecule has 0 bridgehead atoms. The maximum atomic E-state index is 6.01. The van der Waals surface area contributed by atoms with Crippen molar-refractivity contribution in [2.24, 2.45) is 0 Å². The molecule has 0 heterocycles. The quantitative estimate of drug-likeness (QED) is 0.754. The van der Waals surface area contributed by atoms with Crippen LogP contribution in [0.3, 0.4) is 0 Å². The van der Waals surface area contributed by atoms with Crippen LogP contribution in [-0.2, 0) is 6.42 Å². The monoisotopic (exact) mass is 232 g/mol. The zero-order valence-corrected chi connectivity index (χ0v) is 10.1. The van der Waals surface area contributed by atoms with Crippen LogP contribution in [0.15, 0.2) is 12.1 Å². The van der Waals surface area contributed by atoms with Crippen molar-refractivity contribution in [3.63, 3.8) is 0 Å². The second kappa shape index (κ2) is 4.90. The van der Waals surface area contributed by atoms with Crippen molar-refractivity contribution < 1.29 is 4.74 Å². The van der Waals surface area contributed by atoms with E-state index in [1.165, 1.54) is 0 Å². The summed E-state index contributed by atoms with van der Waals surface area (Å²) in [4.78, 5) is 0. The van der Waals surface area contributed by atoms with Crippen LogP contribution in [0.1, 0.15) is 26.3 Å². The first-order chi connectivity index (χ1) is 6.54. The molecule has 0 amide bonds. The highest BCUT2D eigenvalue weighted by Gasteiger charge is 2.09. The molecule has 0 aromatic heterocycles. The van der Waals surface area contributed by atoms with Crippen molar-refractivity contribution in [1.29, 1.82) is 0 Å². The van der Waals surface area contributed by atoms with Crippen LogP contribution in [0.4, 0.5) is 0 Å². The van der Waals surface area contributed by atoms with Gasteiger partial charge in [0.2, 0.25) is 0 Å². The fraction of sp³-hybridized carbons (Fsp3) is 0.455. The van der Waals surface area contributed by atoms with Gasteiger partial charge in [-0.05, 0) is 38.0 Å². The summed E-state index contributed by atoms with van der Waals surface area (Å²) < 4.78 is 5.55. The van der Waals surface area contributed by atoms with Crippen LogP contribution < -0.4 is 4.74 Å². The first kappa shape index (κ1) is 11.7.